The Morgan fingerprint density at radius 1 is 1.13 bits per heavy atom. The summed E-state index contributed by atoms with van der Waals surface area (Å²) in [7, 11) is 3.76. The zero-order valence-electron chi connectivity index (χ0n) is 18.6. The molecule has 1 N–H and O–H groups in total. The minimum Gasteiger partial charge on any atom is -0.497 e. The molecular formula is C24H33BN2O3. The molecule has 0 aliphatic carbocycles. The van der Waals surface area contributed by atoms with Crippen molar-refractivity contribution in [2.24, 2.45) is 5.92 Å². The minimum absolute atomic E-state index is 0.0239. The Morgan fingerprint density at radius 3 is 2.33 bits per heavy atom. The molecule has 5 nitrogen and oxygen atoms in total. The van der Waals surface area contributed by atoms with Gasteiger partial charge in [0.25, 0.3) is 5.91 Å². The molecule has 3 rings (SSSR count). The number of aliphatic hydroxyl groups is 1. The lowest BCUT2D eigenvalue weighted by Crippen LogP contribution is -2.43. The van der Waals surface area contributed by atoms with E-state index < -0.39 is 5.60 Å². The van der Waals surface area contributed by atoms with E-state index in [0.29, 0.717) is 18.7 Å². The van der Waals surface area contributed by atoms with Crippen LogP contribution >= 0.6 is 0 Å². The topological polar surface area (TPSA) is 53.0 Å². The van der Waals surface area contributed by atoms with Gasteiger partial charge in [0.15, 0.2) is 7.98 Å². The van der Waals surface area contributed by atoms with Crippen LogP contribution in [0.3, 0.4) is 0 Å². The van der Waals surface area contributed by atoms with Crippen LogP contribution in [0.4, 0.5) is 0 Å². The molecule has 1 aliphatic rings. The fourth-order valence-electron chi connectivity index (χ4n) is 4.48. The summed E-state index contributed by atoms with van der Waals surface area (Å²) < 4.78 is 5.42. The van der Waals surface area contributed by atoms with Gasteiger partial charge >= 0.3 is 0 Å². The Labute approximate surface area is 181 Å². The lowest BCUT2D eigenvalue weighted by atomic mass is 9.71. The van der Waals surface area contributed by atoms with E-state index in [-0.39, 0.29) is 11.8 Å². The van der Waals surface area contributed by atoms with Gasteiger partial charge in [-0.25, -0.2) is 0 Å². The second kappa shape index (κ2) is 9.67. The SMILES string of the molecule is BN1CCC(C(O)(c2ccc(C(=O)N(CC)CC)cc2)c2cccc(OC)c2)CC1. The van der Waals surface area contributed by atoms with Crippen LogP contribution in [0.2, 0.25) is 0 Å². The molecule has 0 saturated carbocycles. The predicted octanol–water partition coefficient (Wildman–Crippen LogP) is 2.67. The fraction of sp³-hybridized carbons (Fsp3) is 0.458. The quantitative estimate of drug-likeness (QED) is 0.716. The van der Waals surface area contributed by atoms with Crippen LogP contribution in [0.25, 0.3) is 0 Å². The Morgan fingerprint density at radius 2 is 1.77 bits per heavy atom. The van der Waals surface area contributed by atoms with E-state index in [2.05, 4.69) is 12.8 Å². The Hall–Kier alpha value is -2.31. The van der Waals surface area contributed by atoms with Gasteiger partial charge in [-0.2, -0.15) is 0 Å². The van der Waals surface area contributed by atoms with Crippen molar-refractivity contribution in [3.8, 4) is 5.75 Å². The number of nitrogens with zero attached hydrogens (tertiary/aromatic N) is 2. The Kier molecular flexibility index (Phi) is 7.21. The van der Waals surface area contributed by atoms with E-state index in [0.717, 1.165) is 42.8 Å². The van der Waals surface area contributed by atoms with Crippen LogP contribution < -0.4 is 4.74 Å². The van der Waals surface area contributed by atoms with Gasteiger partial charge in [0.05, 0.1) is 7.11 Å². The van der Waals surface area contributed by atoms with Crippen LogP contribution in [0.1, 0.15) is 48.2 Å². The van der Waals surface area contributed by atoms with Crippen LogP contribution in [0, 0.1) is 5.92 Å². The smallest absolute Gasteiger partial charge is 0.253 e. The molecule has 1 unspecified atom stereocenters. The number of benzene rings is 2. The first-order valence-corrected chi connectivity index (χ1v) is 10.9. The third kappa shape index (κ3) is 4.40. The lowest BCUT2D eigenvalue weighted by molar-refractivity contribution is -0.00535. The van der Waals surface area contributed by atoms with Gasteiger partial charge in [0, 0.05) is 18.7 Å². The maximum atomic E-state index is 12.7. The minimum atomic E-state index is -1.13. The number of carbonyl (C=O) groups excluding carboxylic acids is 1. The zero-order valence-corrected chi connectivity index (χ0v) is 18.6. The molecule has 1 amide bonds. The average Bonchev–Trinajstić information content (AvgIpc) is 2.80. The summed E-state index contributed by atoms with van der Waals surface area (Å²) in [6.45, 7) is 7.24. The van der Waals surface area contributed by atoms with E-state index >= 15 is 0 Å². The molecule has 1 heterocycles. The summed E-state index contributed by atoms with van der Waals surface area (Å²) in [5.74, 6) is 0.841. The molecule has 0 bridgehead atoms. The van der Waals surface area contributed by atoms with E-state index in [1.165, 1.54) is 0 Å². The number of hydrogen-bond donors (Lipinski definition) is 1. The highest BCUT2D eigenvalue weighted by Crippen LogP contribution is 2.42. The summed E-state index contributed by atoms with van der Waals surface area (Å²) in [4.78, 5) is 16.8. The van der Waals surface area contributed by atoms with E-state index in [1.54, 1.807) is 12.0 Å². The maximum absolute atomic E-state index is 12.7. The first kappa shape index (κ1) is 22.4. The molecule has 0 spiro atoms. The van der Waals surface area contributed by atoms with Crippen molar-refractivity contribution in [1.29, 1.82) is 0 Å². The average molecular weight is 408 g/mol. The number of methoxy groups -OCH3 is 1. The van der Waals surface area contributed by atoms with E-state index in [4.69, 9.17) is 4.74 Å². The summed E-state index contributed by atoms with van der Waals surface area (Å²) in [6.07, 6.45) is 1.81. The molecule has 2 aromatic rings. The largest absolute Gasteiger partial charge is 0.497 e. The van der Waals surface area contributed by atoms with Crippen molar-refractivity contribution < 1.29 is 14.6 Å². The second-order valence-electron chi connectivity index (χ2n) is 8.13. The molecule has 160 valence electrons. The van der Waals surface area contributed by atoms with E-state index in [9.17, 15) is 9.90 Å². The highest BCUT2D eigenvalue weighted by atomic mass is 16.5. The van der Waals surface area contributed by atoms with Gasteiger partial charge in [0.2, 0.25) is 0 Å². The lowest BCUT2D eigenvalue weighted by Gasteiger charge is -2.42. The number of hydrogen-bond acceptors (Lipinski definition) is 4. The van der Waals surface area contributed by atoms with E-state index in [1.807, 2.05) is 62.4 Å². The molecule has 0 aromatic heterocycles. The highest BCUT2D eigenvalue weighted by Gasteiger charge is 2.41. The van der Waals surface area contributed by atoms with Gasteiger partial charge in [0.1, 0.15) is 11.4 Å². The van der Waals surface area contributed by atoms with Crippen molar-refractivity contribution in [2.45, 2.75) is 32.3 Å². The van der Waals surface area contributed by atoms with Crippen LogP contribution in [0.5, 0.6) is 5.75 Å². The van der Waals surface area contributed by atoms with Crippen LogP contribution in [-0.4, -0.2) is 62.0 Å². The standard InChI is InChI=1S/C24H33BN2O3/c1-4-26(5-2)23(28)18-9-11-19(12-10-18)24(29,20-13-15-27(25)16-14-20)21-7-6-8-22(17-21)30-3/h6-12,17,20,29H,4-5,13-16,25H2,1-3H3. The number of piperidine rings is 1. The monoisotopic (exact) mass is 408 g/mol. The molecule has 1 fully saturated rings. The third-order valence-corrected chi connectivity index (χ3v) is 6.44. The van der Waals surface area contributed by atoms with Crippen molar-refractivity contribution in [1.82, 2.24) is 9.71 Å². The number of carbonyl (C=O) groups is 1. The van der Waals surface area contributed by atoms with Crippen LogP contribution in [0.15, 0.2) is 48.5 Å². The number of rotatable bonds is 7. The van der Waals surface area contributed by atoms with Crippen molar-refractivity contribution >= 4 is 13.9 Å². The highest BCUT2D eigenvalue weighted by molar-refractivity contribution is 6.04. The molecule has 1 aliphatic heterocycles. The summed E-state index contributed by atoms with van der Waals surface area (Å²) >= 11 is 0. The molecule has 1 atom stereocenters. The second-order valence-corrected chi connectivity index (χ2v) is 8.13. The molecule has 30 heavy (non-hydrogen) atoms. The molecule has 2 aromatic carbocycles. The van der Waals surface area contributed by atoms with Crippen molar-refractivity contribution in [2.75, 3.05) is 33.3 Å². The fourth-order valence-corrected chi connectivity index (χ4v) is 4.48. The first-order valence-electron chi connectivity index (χ1n) is 10.9. The predicted molar refractivity (Wildman–Crippen MR) is 123 cm³/mol. The molecule has 0 radical (unpaired) electrons. The van der Waals surface area contributed by atoms with Crippen LogP contribution in [-0.2, 0) is 5.60 Å². The zero-order chi connectivity index (χ0) is 21.7. The van der Waals surface area contributed by atoms with Crippen molar-refractivity contribution in [3.63, 3.8) is 0 Å². The summed E-state index contributed by atoms with van der Waals surface area (Å²) in [5.41, 5.74) is 1.17. The Bertz CT molecular complexity index is 846. The molecular weight excluding hydrogens is 375 g/mol. The maximum Gasteiger partial charge on any atom is 0.253 e. The first-order chi connectivity index (χ1) is 14.4. The van der Waals surface area contributed by atoms with Gasteiger partial charge in [-0.15, -0.1) is 0 Å². The Balaban J connectivity index is 2.01. The summed E-state index contributed by atoms with van der Waals surface area (Å²) in [6, 6.07) is 15.2. The van der Waals surface area contributed by atoms with Gasteiger partial charge in [-0.3, -0.25) is 4.79 Å². The van der Waals surface area contributed by atoms with Gasteiger partial charge < -0.3 is 19.6 Å². The number of ether oxygens (including phenoxy) is 1. The number of amides is 1. The third-order valence-electron chi connectivity index (χ3n) is 6.44. The summed E-state index contributed by atoms with van der Waals surface area (Å²) in [5, 5.41) is 12.1. The normalized spacial score (nSPS) is 17.3. The van der Waals surface area contributed by atoms with Crippen molar-refractivity contribution in [3.05, 3.63) is 65.2 Å². The molecule has 6 heteroatoms. The van der Waals surface area contributed by atoms with Gasteiger partial charge in [-0.1, -0.05) is 24.3 Å². The molecule has 1 saturated heterocycles. The van der Waals surface area contributed by atoms with Gasteiger partial charge in [-0.05, 0) is 81.1 Å².